The van der Waals surface area contributed by atoms with Crippen molar-refractivity contribution in [2.45, 2.75) is 6.92 Å². The second-order valence-corrected chi connectivity index (χ2v) is 5.32. The van der Waals surface area contributed by atoms with E-state index in [1.54, 1.807) is 12.1 Å². The molecule has 0 saturated carbocycles. The van der Waals surface area contributed by atoms with Gasteiger partial charge < -0.3 is 14.5 Å². The zero-order valence-corrected chi connectivity index (χ0v) is 11.6. The molecule has 0 radical (unpaired) electrons. The van der Waals surface area contributed by atoms with Crippen molar-refractivity contribution >= 4 is 38.9 Å². The number of hydrogen-bond acceptors (Lipinski definition) is 3. The molecular weight excluding hydrogens is 282 g/mol. The van der Waals surface area contributed by atoms with Crippen LogP contribution in [0.25, 0.3) is 33.0 Å². The van der Waals surface area contributed by atoms with Crippen molar-refractivity contribution in [2.75, 3.05) is 0 Å². The van der Waals surface area contributed by atoms with Gasteiger partial charge in [0.05, 0.1) is 5.52 Å². The molecule has 0 amide bonds. The van der Waals surface area contributed by atoms with E-state index < -0.39 is 5.97 Å². The van der Waals surface area contributed by atoms with Crippen molar-refractivity contribution in [2.24, 2.45) is 0 Å². The number of pyridine rings is 1. The lowest BCUT2D eigenvalue weighted by atomic mass is 10.0. The molecule has 22 heavy (non-hydrogen) atoms. The first-order chi connectivity index (χ1) is 10.5. The molecule has 0 bridgehead atoms. The number of nitrogens with one attached hydrogen (secondary N) is 1. The van der Waals surface area contributed by atoms with Gasteiger partial charge in [0.15, 0.2) is 11.0 Å². The van der Waals surface area contributed by atoms with Crippen molar-refractivity contribution in [3.8, 4) is 0 Å². The normalized spacial score (nSPS) is 11.5. The molecule has 5 heteroatoms. The molecule has 4 aromatic rings. The van der Waals surface area contributed by atoms with Gasteiger partial charge in [0, 0.05) is 22.4 Å². The smallest absolute Gasteiger partial charge is 0.340 e. The molecule has 4 rings (SSSR count). The summed E-state index contributed by atoms with van der Waals surface area (Å²) in [4.78, 5) is 26.4. The number of aromatic amines is 1. The van der Waals surface area contributed by atoms with Crippen LogP contribution in [0.4, 0.5) is 0 Å². The van der Waals surface area contributed by atoms with Gasteiger partial charge in [-0.1, -0.05) is 11.6 Å². The number of carboxylic acids is 1. The summed E-state index contributed by atoms with van der Waals surface area (Å²) in [6, 6.07) is 10.0. The fourth-order valence-electron chi connectivity index (χ4n) is 2.82. The number of carboxylic acid groups (broad SMARTS) is 1. The number of aryl methyl sites for hydroxylation is 1. The Morgan fingerprint density at radius 2 is 1.95 bits per heavy atom. The van der Waals surface area contributed by atoms with Gasteiger partial charge in [0.25, 0.3) is 0 Å². The zero-order valence-electron chi connectivity index (χ0n) is 11.6. The summed E-state index contributed by atoms with van der Waals surface area (Å²) >= 11 is 0. The van der Waals surface area contributed by atoms with E-state index in [4.69, 9.17) is 4.42 Å². The summed E-state index contributed by atoms with van der Waals surface area (Å²) in [6.45, 7) is 1.90. The molecule has 0 unspecified atom stereocenters. The molecular formula is C17H11NO4. The van der Waals surface area contributed by atoms with Crippen LogP contribution in [0.15, 0.2) is 45.6 Å². The molecule has 0 fully saturated rings. The first kappa shape index (κ1) is 12.6. The van der Waals surface area contributed by atoms with Gasteiger partial charge in [0.1, 0.15) is 11.1 Å². The minimum atomic E-state index is -1.06. The van der Waals surface area contributed by atoms with Crippen molar-refractivity contribution in [1.82, 2.24) is 4.98 Å². The first-order valence-electron chi connectivity index (χ1n) is 6.77. The van der Waals surface area contributed by atoms with Crippen LogP contribution in [0.2, 0.25) is 0 Å². The summed E-state index contributed by atoms with van der Waals surface area (Å²) in [7, 11) is 0. The minimum Gasteiger partial charge on any atom is -0.478 e. The van der Waals surface area contributed by atoms with Gasteiger partial charge in [-0.25, -0.2) is 4.79 Å². The predicted molar refractivity (Wildman–Crippen MR) is 83.5 cm³/mol. The van der Waals surface area contributed by atoms with E-state index in [1.165, 1.54) is 12.1 Å². The van der Waals surface area contributed by atoms with Crippen molar-refractivity contribution in [3.63, 3.8) is 0 Å². The van der Waals surface area contributed by atoms with Gasteiger partial charge in [-0.3, -0.25) is 4.79 Å². The summed E-state index contributed by atoms with van der Waals surface area (Å²) in [5, 5.41) is 10.9. The van der Waals surface area contributed by atoms with Gasteiger partial charge >= 0.3 is 5.97 Å². The van der Waals surface area contributed by atoms with Crippen LogP contribution in [0.3, 0.4) is 0 Å². The van der Waals surface area contributed by atoms with Crippen LogP contribution >= 0.6 is 0 Å². The third-order valence-electron chi connectivity index (χ3n) is 3.81. The lowest BCUT2D eigenvalue weighted by Gasteiger charge is -2.05. The maximum atomic E-state index is 11.7. The van der Waals surface area contributed by atoms with E-state index in [2.05, 4.69) is 4.98 Å². The molecule has 0 spiro atoms. The van der Waals surface area contributed by atoms with Crippen LogP contribution < -0.4 is 5.43 Å². The van der Waals surface area contributed by atoms with Gasteiger partial charge in [-0.2, -0.15) is 0 Å². The summed E-state index contributed by atoms with van der Waals surface area (Å²) in [6.07, 6.45) is 0. The first-order valence-corrected chi connectivity index (χ1v) is 6.77. The van der Waals surface area contributed by atoms with Crippen molar-refractivity contribution < 1.29 is 14.3 Å². The Hall–Kier alpha value is -3.08. The standard InChI is InChI=1S/C17H11NO4/c1-8-2-5-12-11(6-8)14(17(20)21)16-15(18-12)10-4-3-9(19)7-13(10)22-16/h2-7,18H,1H3,(H,20,21). The highest BCUT2D eigenvalue weighted by Crippen LogP contribution is 2.33. The third-order valence-corrected chi connectivity index (χ3v) is 3.81. The Morgan fingerprint density at radius 3 is 2.73 bits per heavy atom. The zero-order chi connectivity index (χ0) is 15.4. The topological polar surface area (TPSA) is 83.3 Å². The summed E-state index contributed by atoms with van der Waals surface area (Å²) in [5.74, 6) is -1.06. The number of furan rings is 1. The van der Waals surface area contributed by atoms with Crippen LogP contribution in [0, 0.1) is 6.92 Å². The monoisotopic (exact) mass is 293 g/mol. The molecule has 2 heterocycles. The molecule has 5 nitrogen and oxygen atoms in total. The molecule has 2 N–H and O–H groups in total. The Balaban J connectivity index is 2.32. The van der Waals surface area contributed by atoms with Gasteiger partial charge in [0.2, 0.25) is 0 Å². The number of rotatable bonds is 1. The average molecular weight is 293 g/mol. The number of aromatic nitrogens is 1. The molecule has 0 aliphatic heterocycles. The molecule has 2 aromatic carbocycles. The summed E-state index contributed by atoms with van der Waals surface area (Å²) in [5.41, 5.74) is 2.83. The maximum absolute atomic E-state index is 11.7. The van der Waals surface area contributed by atoms with Crippen LogP contribution in [0.5, 0.6) is 0 Å². The fraction of sp³-hybridized carbons (Fsp3) is 0.0588. The quantitative estimate of drug-likeness (QED) is 0.563. The highest BCUT2D eigenvalue weighted by Gasteiger charge is 2.20. The molecule has 2 aromatic heterocycles. The Kier molecular flexibility index (Phi) is 2.42. The van der Waals surface area contributed by atoms with E-state index in [9.17, 15) is 14.7 Å². The second kappa shape index (κ2) is 4.21. The highest BCUT2D eigenvalue weighted by molar-refractivity contribution is 6.17. The lowest BCUT2D eigenvalue weighted by Crippen LogP contribution is -2.00. The van der Waals surface area contributed by atoms with Crippen molar-refractivity contribution in [3.05, 3.63) is 57.7 Å². The Labute approximate surface area is 123 Å². The molecule has 108 valence electrons. The minimum absolute atomic E-state index is 0.107. The van der Waals surface area contributed by atoms with Crippen LogP contribution in [0.1, 0.15) is 15.9 Å². The second-order valence-electron chi connectivity index (χ2n) is 5.32. The van der Waals surface area contributed by atoms with E-state index in [-0.39, 0.29) is 16.6 Å². The van der Waals surface area contributed by atoms with Crippen LogP contribution in [-0.4, -0.2) is 16.1 Å². The molecule has 0 saturated heterocycles. The molecule has 0 aliphatic carbocycles. The van der Waals surface area contributed by atoms with Crippen LogP contribution in [-0.2, 0) is 0 Å². The average Bonchev–Trinajstić information content (AvgIpc) is 2.81. The van der Waals surface area contributed by atoms with Gasteiger partial charge in [-0.15, -0.1) is 0 Å². The largest absolute Gasteiger partial charge is 0.478 e. The number of H-pyrrole nitrogens is 1. The Morgan fingerprint density at radius 1 is 1.14 bits per heavy atom. The highest BCUT2D eigenvalue weighted by atomic mass is 16.4. The number of aromatic carboxylic acids is 1. The molecule has 0 aliphatic rings. The third kappa shape index (κ3) is 1.65. The summed E-state index contributed by atoms with van der Waals surface area (Å²) < 4.78 is 5.66. The number of fused-ring (bicyclic) bond motifs is 4. The van der Waals surface area contributed by atoms with E-state index in [0.29, 0.717) is 27.4 Å². The molecule has 0 atom stereocenters. The fourth-order valence-corrected chi connectivity index (χ4v) is 2.82. The number of hydrogen-bond donors (Lipinski definition) is 2. The van der Waals surface area contributed by atoms with E-state index in [0.717, 1.165) is 5.56 Å². The van der Waals surface area contributed by atoms with E-state index >= 15 is 0 Å². The Bertz CT molecular complexity index is 1130. The SMILES string of the molecule is Cc1ccc2[nH]c3c(oc4cc(=O)ccc43)c(C(=O)O)c2c1. The van der Waals surface area contributed by atoms with Crippen molar-refractivity contribution in [1.29, 1.82) is 0 Å². The maximum Gasteiger partial charge on any atom is 0.340 e. The number of benzene rings is 2. The number of carbonyl (C=O) groups is 1. The lowest BCUT2D eigenvalue weighted by molar-refractivity contribution is 0.0700. The van der Waals surface area contributed by atoms with E-state index in [1.807, 2.05) is 19.1 Å². The predicted octanol–water partition coefficient (Wildman–Crippen LogP) is 3.43. The van der Waals surface area contributed by atoms with Gasteiger partial charge in [-0.05, 0) is 31.2 Å².